The number of H-pyrrole nitrogens is 1. The standard InChI is InChI=1S/C26H19N3O4S/c1-14-4-3-5-21(15(14)2)29-25(32)19-9-6-17(13-20(19)28-26(29)34)24(31)27-18-8-10-22-16(12-18)7-11-23(30)33-22/h3-13H,1-2H3,(H,27,31)(H,28,34). The average Bonchev–Trinajstić information content (AvgIpc) is 2.81. The molecule has 0 aliphatic heterocycles. The first-order chi connectivity index (χ1) is 16.3. The summed E-state index contributed by atoms with van der Waals surface area (Å²) in [6.45, 7) is 3.93. The fourth-order valence-corrected chi connectivity index (χ4v) is 4.20. The largest absolute Gasteiger partial charge is 0.423 e. The van der Waals surface area contributed by atoms with E-state index in [1.807, 2.05) is 32.0 Å². The van der Waals surface area contributed by atoms with Crippen LogP contribution in [0.3, 0.4) is 0 Å². The summed E-state index contributed by atoms with van der Waals surface area (Å²) in [6.07, 6.45) is 0. The first-order valence-electron chi connectivity index (χ1n) is 10.5. The van der Waals surface area contributed by atoms with Crippen molar-refractivity contribution in [2.75, 3.05) is 5.32 Å². The molecule has 2 heterocycles. The molecule has 0 aliphatic carbocycles. The van der Waals surface area contributed by atoms with Crippen molar-refractivity contribution in [3.63, 3.8) is 0 Å². The molecule has 0 saturated carbocycles. The molecule has 0 radical (unpaired) electrons. The van der Waals surface area contributed by atoms with Gasteiger partial charge >= 0.3 is 5.63 Å². The second-order valence-electron chi connectivity index (χ2n) is 8.01. The van der Waals surface area contributed by atoms with Crippen LogP contribution in [0.5, 0.6) is 0 Å². The summed E-state index contributed by atoms with van der Waals surface area (Å²) in [5.74, 6) is -0.350. The molecule has 2 N–H and O–H groups in total. The Balaban J connectivity index is 1.52. The second-order valence-corrected chi connectivity index (χ2v) is 8.40. The van der Waals surface area contributed by atoms with Crippen LogP contribution < -0.4 is 16.5 Å². The Kier molecular flexibility index (Phi) is 5.22. The summed E-state index contributed by atoms with van der Waals surface area (Å²) < 4.78 is 6.85. The zero-order chi connectivity index (χ0) is 24.0. The van der Waals surface area contributed by atoms with E-state index in [9.17, 15) is 14.4 Å². The summed E-state index contributed by atoms with van der Waals surface area (Å²) in [5, 5.41) is 3.94. The molecule has 168 valence electrons. The first kappa shape index (κ1) is 21.5. The number of carbonyl (C=O) groups excluding carboxylic acids is 1. The summed E-state index contributed by atoms with van der Waals surface area (Å²) in [4.78, 5) is 40.6. The molecule has 7 nitrogen and oxygen atoms in total. The molecule has 0 atom stereocenters. The molecule has 1 amide bonds. The fourth-order valence-electron chi connectivity index (χ4n) is 3.91. The van der Waals surface area contributed by atoms with E-state index >= 15 is 0 Å². The molecule has 0 aliphatic rings. The zero-order valence-corrected chi connectivity index (χ0v) is 19.2. The maximum absolute atomic E-state index is 13.3. The van der Waals surface area contributed by atoms with Crippen molar-refractivity contribution in [1.82, 2.24) is 9.55 Å². The Morgan fingerprint density at radius 1 is 1.00 bits per heavy atom. The number of aromatic amines is 1. The number of hydrogen-bond donors (Lipinski definition) is 2. The highest BCUT2D eigenvalue weighted by molar-refractivity contribution is 7.71. The van der Waals surface area contributed by atoms with Crippen LogP contribution in [0.25, 0.3) is 27.6 Å². The number of aromatic nitrogens is 2. The van der Waals surface area contributed by atoms with Crippen molar-refractivity contribution in [1.29, 1.82) is 0 Å². The smallest absolute Gasteiger partial charge is 0.336 e. The monoisotopic (exact) mass is 469 g/mol. The van der Waals surface area contributed by atoms with Gasteiger partial charge in [0.15, 0.2) is 4.77 Å². The zero-order valence-electron chi connectivity index (χ0n) is 18.3. The van der Waals surface area contributed by atoms with Crippen LogP contribution in [0.1, 0.15) is 21.5 Å². The molecule has 0 saturated heterocycles. The van der Waals surface area contributed by atoms with E-state index < -0.39 is 5.63 Å². The quantitative estimate of drug-likeness (QED) is 0.286. The molecule has 34 heavy (non-hydrogen) atoms. The minimum absolute atomic E-state index is 0.250. The number of anilines is 1. The number of nitrogens with zero attached hydrogens (tertiary/aromatic N) is 1. The van der Waals surface area contributed by atoms with E-state index in [2.05, 4.69) is 10.3 Å². The number of fused-ring (bicyclic) bond motifs is 2. The highest BCUT2D eigenvalue weighted by atomic mass is 32.1. The summed E-state index contributed by atoms with van der Waals surface area (Å²) in [7, 11) is 0. The molecule has 0 bridgehead atoms. The molecule has 5 rings (SSSR count). The van der Waals surface area contributed by atoms with Crippen LogP contribution in [0.2, 0.25) is 0 Å². The molecular formula is C26H19N3O4S. The normalized spacial score (nSPS) is 11.1. The van der Waals surface area contributed by atoms with Crippen LogP contribution in [-0.2, 0) is 0 Å². The molecule has 8 heteroatoms. The molecule has 2 aromatic heterocycles. The van der Waals surface area contributed by atoms with Crippen LogP contribution in [-0.4, -0.2) is 15.5 Å². The van der Waals surface area contributed by atoms with Gasteiger partial charge in [-0.3, -0.25) is 14.2 Å². The maximum atomic E-state index is 13.3. The van der Waals surface area contributed by atoms with Gasteiger partial charge in [0.25, 0.3) is 11.5 Å². The van der Waals surface area contributed by atoms with E-state index in [0.29, 0.717) is 33.1 Å². The Hall–Kier alpha value is -4.30. The van der Waals surface area contributed by atoms with Crippen LogP contribution >= 0.6 is 12.2 Å². The molecule has 3 aromatic carbocycles. The van der Waals surface area contributed by atoms with Crippen molar-refractivity contribution in [3.8, 4) is 5.69 Å². The van der Waals surface area contributed by atoms with E-state index in [4.69, 9.17) is 16.6 Å². The Morgan fingerprint density at radius 2 is 1.82 bits per heavy atom. The highest BCUT2D eigenvalue weighted by Gasteiger charge is 2.13. The summed E-state index contributed by atoms with van der Waals surface area (Å²) in [5.41, 5.74) is 3.88. The third-order valence-corrected chi connectivity index (χ3v) is 6.14. The Labute approximate surface area is 198 Å². The maximum Gasteiger partial charge on any atom is 0.336 e. The molecule has 0 unspecified atom stereocenters. The Morgan fingerprint density at radius 3 is 2.65 bits per heavy atom. The van der Waals surface area contributed by atoms with Gasteiger partial charge in [0, 0.05) is 22.7 Å². The second kappa shape index (κ2) is 8.24. The van der Waals surface area contributed by atoms with Gasteiger partial charge in [-0.25, -0.2) is 4.79 Å². The molecule has 5 aromatic rings. The van der Waals surface area contributed by atoms with Gasteiger partial charge in [0.05, 0.1) is 16.6 Å². The lowest BCUT2D eigenvalue weighted by atomic mass is 10.1. The van der Waals surface area contributed by atoms with Crippen molar-refractivity contribution in [2.45, 2.75) is 13.8 Å². The van der Waals surface area contributed by atoms with Crippen molar-refractivity contribution in [3.05, 3.63) is 109 Å². The lowest BCUT2D eigenvalue weighted by Gasteiger charge is -2.13. The van der Waals surface area contributed by atoms with E-state index in [-0.39, 0.29) is 16.2 Å². The predicted molar refractivity (Wildman–Crippen MR) is 135 cm³/mol. The van der Waals surface area contributed by atoms with Gasteiger partial charge < -0.3 is 14.7 Å². The number of carbonyl (C=O) groups is 1. The third-order valence-electron chi connectivity index (χ3n) is 5.85. The van der Waals surface area contributed by atoms with Crippen molar-refractivity contribution < 1.29 is 9.21 Å². The summed E-state index contributed by atoms with van der Waals surface area (Å²) in [6, 6.07) is 18.5. The minimum Gasteiger partial charge on any atom is -0.423 e. The minimum atomic E-state index is -0.436. The Bertz CT molecular complexity index is 1800. The topological polar surface area (TPSA) is 97.1 Å². The van der Waals surface area contributed by atoms with Crippen molar-refractivity contribution >= 4 is 45.7 Å². The van der Waals surface area contributed by atoms with Crippen LogP contribution in [0.15, 0.2) is 80.7 Å². The van der Waals surface area contributed by atoms with Gasteiger partial charge in [0.1, 0.15) is 5.58 Å². The van der Waals surface area contributed by atoms with Gasteiger partial charge in [-0.1, -0.05) is 12.1 Å². The van der Waals surface area contributed by atoms with Gasteiger partial charge in [-0.15, -0.1) is 0 Å². The summed E-state index contributed by atoms with van der Waals surface area (Å²) >= 11 is 5.50. The van der Waals surface area contributed by atoms with Gasteiger partial charge in [-0.05, 0) is 85.7 Å². The third kappa shape index (κ3) is 3.74. The lowest BCUT2D eigenvalue weighted by molar-refractivity contribution is 0.102. The fraction of sp³-hybridized carbons (Fsp3) is 0.0769. The number of nitrogens with one attached hydrogen (secondary N) is 2. The van der Waals surface area contributed by atoms with E-state index in [1.165, 1.54) is 10.6 Å². The average molecular weight is 470 g/mol. The van der Waals surface area contributed by atoms with E-state index in [1.54, 1.807) is 42.5 Å². The molecular weight excluding hydrogens is 450 g/mol. The molecule has 0 spiro atoms. The van der Waals surface area contributed by atoms with Gasteiger partial charge in [-0.2, -0.15) is 0 Å². The highest BCUT2D eigenvalue weighted by Crippen LogP contribution is 2.21. The predicted octanol–water partition coefficient (Wildman–Crippen LogP) is 5.02. The number of aryl methyl sites for hydroxylation is 1. The lowest BCUT2D eigenvalue weighted by Crippen LogP contribution is -2.22. The first-order valence-corrected chi connectivity index (χ1v) is 10.9. The molecule has 0 fully saturated rings. The number of amides is 1. The number of benzene rings is 3. The number of rotatable bonds is 3. The van der Waals surface area contributed by atoms with Crippen LogP contribution in [0, 0.1) is 18.6 Å². The van der Waals surface area contributed by atoms with Gasteiger partial charge in [0.2, 0.25) is 0 Å². The van der Waals surface area contributed by atoms with Crippen molar-refractivity contribution in [2.24, 2.45) is 0 Å². The SMILES string of the molecule is Cc1cccc(-n2c(=S)[nH]c3cc(C(=O)Nc4ccc5oc(=O)ccc5c4)ccc3c2=O)c1C. The van der Waals surface area contributed by atoms with E-state index in [0.717, 1.165) is 16.8 Å². The van der Waals surface area contributed by atoms with Crippen LogP contribution in [0.4, 0.5) is 5.69 Å². The number of hydrogen-bond acceptors (Lipinski definition) is 5.